The predicted molar refractivity (Wildman–Crippen MR) is 109 cm³/mol. The van der Waals surface area contributed by atoms with Crippen molar-refractivity contribution >= 4 is 39.8 Å². The summed E-state index contributed by atoms with van der Waals surface area (Å²) >= 11 is 0. The van der Waals surface area contributed by atoms with Crippen LogP contribution in [0.25, 0.3) is 10.9 Å². The third kappa shape index (κ3) is 4.40. The molecule has 0 unspecified atom stereocenters. The Bertz CT molecular complexity index is 1250. The standard InChI is InChI=1S/C19H15N5O8/c1-2-32-16(25)10-22-15-6-4-3-5-14(15)17(19(22)27)20-21-18(26)11-7-12(23(28)29)9-13(8-11)24(30)31/h3-9,27H,2,10H2,1H3. The van der Waals surface area contributed by atoms with Crippen LogP contribution in [0, 0.1) is 20.2 Å². The second-order valence-corrected chi connectivity index (χ2v) is 6.34. The SMILES string of the molecule is CCOC(=O)Cn1c(O)c(N=NC(=O)c2cc([N+](=O)[O-])cc([N+](=O)[O-])c2)c2ccccc21. The third-order valence-electron chi connectivity index (χ3n) is 4.32. The van der Waals surface area contributed by atoms with E-state index in [0.29, 0.717) is 17.0 Å². The van der Waals surface area contributed by atoms with E-state index in [1.54, 1.807) is 31.2 Å². The largest absolute Gasteiger partial charge is 0.493 e. The van der Waals surface area contributed by atoms with Crippen molar-refractivity contribution < 1.29 is 29.3 Å². The molecule has 1 amide bonds. The normalized spacial score (nSPS) is 11.0. The second-order valence-electron chi connectivity index (χ2n) is 6.34. The Balaban J connectivity index is 2.01. The molecule has 3 rings (SSSR count). The molecule has 3 aromatic rings. The molecule has 1 aromatic heterocycles. The fourth-order valence-corrected chi connectivity index (χ4v) is 2.95. The molecule has 0 aliphatic heterocycles. The Labute approximate surface area is 178 Å². The van der Waals surface area contributed by atoms with Crippen LogP contribution in [0.5, 0.6) is 5.88 Å². The van der Waals surface area contributed by atoms with Gasteiger partial charge in [0.25, 0.3) is 17.3 Å². The predicted octanol–water partition coefficient (Wildman–Crippen LogP) is 3.65. The molecule has 0 fully saturated rings. The number of azo groups is 1. The molecular weight excluding hydrogens is 426 g/mol. The second kappa shape index (κ2) is 8.99. The summed E-state index contributed by atoms with van der Waals surface area (Å²) in [6, 6.07) is 8.87. The lowest BCUT2D eigenvalue weighted by Gasteiger charge is -2.06. The number of nitrogens with zero attached hydrogens (tertiary/aromatic N) is 5. The zero-order chi connectivity index (χ0) is 23.4. The maximum absolute atomic E-state index is 12.4. The van der Waals surface area contributed by atoms with E-state index in [0.717, 1.165) is 12.1 Å². The fraction of sp³-hybridized carbons (Fsp3) is 0.158. The van der Waals surface area contributed by atoms with Crippen LogP contribution in [0.4, 0.5) is 17.1 Å². The maximum Gasteiger partial charge on any atom is 0.326 e. The highest BCUT2D eigenvalue weighted by atomic mass is 16.6. The van der Waals surface area contributed by atoms with Crippen molar-refractivity contribution in [3.05, 3.63) is 68.3 Å². The number of para-hydroxylation sites is 1. The van der Waals surface area contributed by atoms with E-state index in [4.69, 9.17) is 4.74 Å². The molecule has 0 atom stereocenters. The van der Waals surface area contributed by atoms with Crippen LogP contribution < -0.4 is 0 Å². The summed E-state index contributed by atoms with van der Waals surface area (Å²) in [5.41, 5.74) is -1.45. The number of esters is 1. The first-order valence-corrected chi connectivity index (χ1v) is 9.08. The molecule has 0 aliphatic carbocycles. The Morgan fingerprint density at radius 2 is 1.72 bits per heavy atom. The minimum atomic E-state index is -1.10. The number of ether oxygens (including phenoxy) is 1. The van der Waals surface area contributed by atoms with Crippen molar-refractivity contribution in [1.29, 1.82) is 0 Å². The first-order valence-electron chi connectivity index (χ1n) is 9.08. The average molecular weight is 441 g/mol. The zero-order valence-corrected chi connectivity index (χ0v) is 16.5. The average Bonchev–Trinajstić information content (AvgIpc) is 3.02. The lowest BCUT2D eigenvalue weighted by Crippen LogP contribution is -2.12. The summed E-state index contributed by atoms with van der Waals surface area (Å²) in [7, 11) is 0. The topological polar surface area (TPSA) is 180 Å². The van der Waals surface area contributed by atoms with Gasteiger partial charge in [-0.15, -0.1) is 10.2 Å². The number of hydrogen-bond acceptors (Lipinski definition) is 9. The minimum Gasteiger partial charge on any atom is -0.493 e. The van der Waals surface area contributed by atoms with E-state index in [1.165, 1.54) is 4.57 Å². The van der Waals surface area contributed by atoms with Crippen LogP contribution in [0.3, 0.4) is 0 Å². The Hall–Kier alpha value is -4.68. The number of hydrogen-bond donors (Lipinski definition) is 1. The van der Waals surface area contributed by atoms with Gasteiger partial charge in [-0.2, -0.15) is 0 Å². The van der Waals surface area contributed by atoms with Crippen LogP contribution in [0.2, 0.25) is 0 Å². The van der Waals surface area contributed by atoms with Crippen LogP contribution in [0.15, 0.2) is 52.7 Å². The van der Waals surface area contributed by atoms with E-state index in [1.807, 2.05) is 0 Å². The number of rotatable bonds is 7. The Morgan fingerprint density at radius 1 is 1.09 bits per heavy atom. The number of fused-ring (bicyclic) bond motifs is 1. The van der Waals surface area contributed by atoms with Crippen molar-refractivity contribution in [1.82, 2.24) is 4.57 Å². The van der Waals surface area contributed by atoms with Crippen LogP contribution in [-0.2, 0) is 16.1 Å². The van der Waals surface area contributed by atoms with E-state index in [-0.39, 0.29) is 18.8 Å². The molecule has 13 nitrogen and oxygen atoms in total. The van der Waals surface area contributed by atoms with Gasteiger partial charge in [0.15, 0.2) is 5.69 Å². The maximum atomic E-state index is 12.4. The van der Waals surface area contributed by atoms with Crippen molar-refractivity contribution in [2.75, 3.05) is 6.61 Å². The number of benzene rings is 2. The number of nitro benzene ring substituents is 2. The van der Waals surface area contributed by atoms with E-state index < -0.39 is 44.5 Å². The van der Waals surface area contributed by atoms with Gasteiger partial charge >= 0.3 is 5.97 Å². The van der Waals surface area contributed by atoms with Crippen molar-refractivity contribution in [2.45, 2.75) is 13.5 Å². The summed E-state index contributed by atoms with van der Waals surface area (Å²) < 4.78 is 6.11. The third-order valence-corrected chi connectivity index (χ3v) is 4.32. The highest BCUT2D eigenvalue weighted by Gasteiger charge is 2.22. The van der Waals surface area contributed by atoms with E-state index >= 15 is 0 Å². The number of carbonyl (C=O) groups is 2. The summed E-state index contributed by atoms with van der Waals surface area (Å²) in [4.78, 5) is 44.5. The molecule has 1 N–H and O–H groups in total. The highest BCUT2D eigenvalue weighted by Crippen LogP contribution is 2.39. The van der Waals surface area contributed by atoms with Crippen molar-refractivity contribution in [3.8, 4) is 5.88 Å². The molecule has 0 saturated carbocycles. The number of nitro groups is 2. The molecule has 0 radical (unpaired) electrons. The smallest absolute Gasteiger partial charge is 0.326 e. The van der Waals surface area contributed by atoms with Gasteiger partial charge in [-0.05, 0) is 13.0 Å². The molecule has 0 spiro atoms. The van der Waals surface area contributed by atoms with Gasteiger partial charge in [0.2, 0.25) is 5.88 Å². The van der Waals surface area contributed by atoms with Gasteiger partial charge < -0.3 is 9.84 Å². The van der Waals surface area contributed by atoms with E-state index in [9.17, 15) is 34.9 Å². The van der Waals surface area contributed by atoms with E-state index in [2.05, 4.69) is 10.2 Å². The summed E-state index contributed by atoms with van der Waals surface area (Å²) in [6.07, 6.45) is 0. The number of aromatic hydroxyl groups is 1. The quantitative estimate of drug-likeness (QED) is 0.249. The van der Waals surface area contributed by atoms with Gasteiger partial charge in [-0.1, -0.05) is 18.2 Å². The molecular formula is C19H15N5O8. The van der Waals surface area contributed by atoms with Crippen molar-refractivity contribution in [3.63, 3.8) is 0 Å². The molecule has 0 aliphatic rings. The molecule has 0 saturated heterocycles. The van der Waals surface area contributed by atoms with Crippen molar-refractivity contribution in [2.24, 2.45) is 10.2 Å². The number of carbonyl (C=O) groups excluding carboxylic acids is 2. The molecule has 2 aromatic carbocycles. The molecule has 13 heteroatoms. The van der Waals surface area contributed by atoms with Gasteiger partial charge in [-0.3, -0.25) is 34.4 Å². The molecule has 32 heavy (non-hydrogen) atoms. The number of aromatic nitrogens is 1. The van der Waals surface area contributed by atoms with Gasteiger partial charge in [0.1, 0.15) is 6.54 Å². The fourth-order valence-electron chi connectivity index (χ4n) is 2.95. The summed E-state index contributed by atoms with van der Waals surface area (Å²) in [6.45, 7) is 1.46. The first kappa shape index (κ1) is 22.0. The Morgan fingerprint density at radius 3 is 2.31 bits per heavy atom. The van der Waals surface area contributed by atoms with Gasteiger partial charge in [-0.25, -0.2) is 0 Å². The number of amides is 1. The summed E-state index contributed by atoms with van der Waals surface area (Å²) in [5.74, 6) is -2.16. The lowest BCUT2D eigenvalue weighted by atomic mass is 10.1. The summed E-state index contributed by atoms with van der Waals surface area (Å²) in [5, 5.41) is 40.1. The van der Waals surface area contributed by atoms with Gasteiger partial charge in [0.05, 0.1) is 33.6 Å². The zero-order valence-electron chi connectivity index (χ0n) is 16.5. The van der Waals surface area contributed by atoms with Gasteiger partial charge in [0, 0.05) is 17.5 Å². The van der Waals surface area contributed by atoms with Crippen LogP contribution >= 0.6 is 0 Å². The molecule has 164 valence electrons. The number of non-ortho nitro benzene ring substituents is 2. The first-order chi connectivity index (χ1) is 15.2. The minimum absolute atomic E-state index is 0.127. The van der Waals surface area contributed by atoms with Crippen LogP contribution in [-0.4, -0.2) is 38.0 Å². The monoisotopic (exact) mass is 441 g/mol. The lowest BCUT2D eigenvalue weighted by molar-refractivity contribution is -0.394. The molecule has 0 bridgehead atoms. The molecule has 1 heterocycles. The highest BCUT2D eigenvalue weighted by molar-refractivity contribution is 5.98. The Kier molecular flexibility index (Phi) is 6.19. The van der Waals surface area contributed by atoms with Crippen LogP contribution in [0.1, 0.15) is 17.3 Å².